The fourth-order valence-corrected chi connectivity index (χ4v) is 3.31. The van der Waals surface area contributed by atoms with E-state index in [0.717, 1.165) is 49.2 Å². The van der Waals surface area contributed by atoms with Gasteiger partial charge in [0.1, 0.15) is 0 Å². The Balaban J connectivity index is 1.58. The third-order valence-electron chi connectivity index (χ3n) is 3.39. The molecule has 100 valence electrons. The van der Waals surface area contributed by atoms with Gasteiger partial charge < -0.3 is 14.6 Å². The molecular formula is C12H19N3O2S. The third-order valence-corrected chi connectivity index (χ3v) is 4.45. The number of rotatable bonds is 3. The van der Waals surface area contributed by atoms with Gasteiger partial charge in [-0.25, -0.2) is 0 Å². The predicted molar refractivity (Wildman–Crippen MR) is 69.7 cm³/mol. The van der Waals surface area contributed by atoms with Crippen LogP contribution >= 0.6 is 11.8 Å². The standard InChI is InChI=1S/C12H19N3O2S/c1-2-5-16-9(3-1)7-11-14-12(17-15-11)10-8-18-6-4-13-10/h9-10,13H,1-8H2. The normalized spacial score (nSPS) is 29.3. The van der Waals surface area contributed by atoms with Crippen LogP contribution < -0.4 is 5.32 Å². The second-order valence-electron chi connectivity index (χ2n) is 4.82. The van der Waals surface area contributed by atoms with Crippen molar-refractivity contribution < 1.29 is 9.26 Å². The molecule has 2 saturated heterocycles. The summed E-state index contributed by atoms with van der Waals surface area (Å²) < 4.78 is 11.0. The van der Waals surface area contributed by atoms with Crippen LogP contribution in [0.1, 0.15) is 37.0 Å². The molecule has 18 heavy (non-hydrogen) atoms. The molecule has 6 heteroatoms. The molecule has 0 radical (unpaired) electrons. The molecule has 2 unspecified atom stereocenters. The Morgan fingerprint density at radius 1 is 1.39 bits per heavy atom. The molecule has 5 nitrogen and oxygen atoms in total. The molecule has 2 atom stereocenters. The van der Waals surface area contributed by atoms with Crippen molar-refractivity contribution in [1.82, 2.24) is 15.5 Å². The Bertz CT molecular complexity index is 373. The number of hydrogen-bond acceptors (Lipinski definition) is 6. The number of hydrogen-bond donors (Lipinski definition) is 1. The lowest BCUT2D eigenvalue weighted by Gasteiger charge is -2.21. The van der Waals surface area contributed by atoms with Gasteiger partial charge in [-0.05, 0) is 19.3 Å². The van der Waals surface area contributed by atoms with Crippen molar-refractivity contribution in [1.29, 1.82) is 0 Å². The van der Waals surface area contributed by atoms with E-state index in [-0.39, 0.29) is 12.1 Å². The summed E-state index contributed by atoms with van der Waals surface area (Å²) in [6.45, 7) is 1.88. The average molecular weight is 269 g/mol. The molecule has 1 aromatic heterocycles. The highest BCUT2D eigenvalue weighted by Gasteiger charge is 2.23. The molecule has 0 saturated carbocycles. The van der Waals surface area contributed by atoms with Gasteiger partial charge in [0.05, 0.1) is 12.1 Å². The van der Waals surface area contributed by atoms with Gasteiger partial charge in [-0.15, -0.1) is 0 Å². The molecule has 0 amide bonds. The van der Waals surface area contributed by atoms with E-state index in [1.807, 2.05) is 11.8 Å². The minimum atomic E-state index is 0.220. The van der Waals surface area contributed by atoms with E-state index < -0.39 is 0 Å². The summed E-state index contributed by atoms with van der Waals surface area (Å²) in [5.74, 6) is 3.69. The fourth-order valence-electron chi connectivity index (χ4n) is 2.39. The van der Waals surface area contributed by atoms with Crippen LogP contribution in [0.3, 0.4) is 0 Å². The number of nitrogens with zero attached hydrogens (tertiary/aromatic N) is 2. The molecule has 2 aliphatic rings. The van der Waals surface area contributed by atoms with Gasteiger partial charge in [-0.3, -0.25) is 0 Å². The molecule has 0 aromatic carbocycles. The molecule has 0 bridgehead atoms. The zero-order valence-electron chi connectivity index (χ0n) is 10.4. The van der Waals surface area contributed by atoms with E-state index in [4.69, 9.17) is 9.26 Å². The first-order valence-corrected chi connectivity index (χ1v) is 7.82. The quantitative estimate of drug-likeness (QED) is 0.898. The van der Waals surface area contributed by atoms with Crippen LogP contribution in [0.5, 0.6) is 0 Å². The zero-order chi connectivity index (χ0) is 12.2. The van der Waals surface area contributed by atoms with Gasteiger partial charge in [0, 0.05) is 31.1 Å². The van der Waals surface area contributed by atoms with Crippen molar-refractivity contribution >= 4 is 11.8 Å². The maximum atomic E-state index is 5.70. The number of thioether (sulfide) groups is 1. The lowest BCUT2D eigenvalue weighted by molar-refractivity contribution is 0.0153. The Kier molecular flexibility index (Phi) is 4.17. The Labute approximate surface area is 111 Å². The fraction of sp³-hybridized carbons (Fsp3) is 0.833. The summed E-state index contributed by atoms with van der Waals surface area (Å²) in [6, 6.07) is 0.220. The topological polar surface area (TPSA) is 60.2 Å². The predicted octanol–water partition coefficient (Wildman–Crippen LogP) is 1.56. The highest BCUT2D eigenvalue weighted by molar-refractivity contribution is 7.99. The first-order chi connectivity index (χ1) is 8.92. The molecular weight excluding hydrogens is 250 g/mol. The van der Waals surface area contributed by atoms with E-state index in [1.54, 1.807) is 0 Å². The first kappa shape index (κ1) is 12.4. The first-order valence-electron chi connectivity index (χ1n) is 6.67. The summed E-state index contributed by atoms with van der Waals surface area (Å²) in [6.07, 6.45) is 4.59. The van der Waals surface area contributed by atoms with Gasteiger partial charge in [0.25, 0.3) is 0 Å². The van der Waals surface area contributed by atoms with Gasteiger partial charge >= 0.3 is 0 Å². The SMILES string of the molecule is C1CCC(Cc2noc(C3CSCCN3)n2)OC1. The number of aromatic nitrogens is 2. The van der Waals surface area contributed by atoms with Crippen LogP contribution in [0.4, 0.5) is 0 Å². The summed E-state index contributed by atoms with van der Waals surface area (Å²) in [4.78, 5) is 4.49. The summed E-state index contributed by atoms with van der Waals surface area (Å²) >= 11 is 1.93. The van der Waals surface area contributed by atoms with Crippen molar-refractivity contribution in [3.63, 3.8) is 0 Å². The van der Waals surface area contributed by atoms with Gasteiger partial charge in [-0.2, -0.15) is 16.7 Å². The van der Waals surface area contributed by atoms with Crippen LogP contribution in [0.2, 0.25) is 0 Å². The van der Waals surface area contributed by atoms with E-state index in [1.165, 1.54) is 12.8 Å². The minimum Gasteiger partial charge on any atom is -0.378 e. The molecule has 0 aliphatic carbocycles. The molecule has 0 spiro atoms. The maximum absolute atomic E-state index is 5.70. The van der Waals surface area contributed by atoms with Crippen molar-refractivity contribution in [3.8, 4) is 0 Å². The molecule has 3 rings (SSSR count). The molecule has 2 aliphatic heterocycles. The van der Waals surface area contributed by atoms with Gasteiger partial charge in [0.2, 0.25) is 5.89 Å². The second-order valence-corrected chi connectivity index (χ2v) is 5.97. The van der Waals surface area contributed by atoms with Gasteiger partial charge in [-0.1, -0.05) is 5.16 Å². The second kappa shape index (κ2) is 6.04. The van der Waals surface area contributed by atoms with E-state index in [9.17, 15) is 0 Å². The summed E-state index contributed by atoms with van der Waals surface area (Å²) in [5.41, 5.74) is 0. The maximum Gasteiger partial charge on any atom is 0.244 e. The van der Waals surface area contributed by atoms with Crippen molar-refractivity contribution in [2.75, 3.05) is 24.7 Å². The van der Waals surface area contributed by atoms with Gasteiger partial charge in [0.15, 0.2) is 5.82 Å². The lowest BCUT2D eigenvalue weighted by Crippen LogP contribution is -2.30. The highest BCUT2D eigenvalue weighted by atomic mass is 32.2. The number of nitrogens with one attached hydrogen (secondary N) is 1. The van der Waals surface area contributed by atoms with Crippen LogP contribution in [0.15, 0.2) is 4.52 Å². The highest BCUT2D eigenvalue weighted by Crippen LogP contribution is 2.21. The largest absolute Gasteiger partial charge is 0.378 e. The van der Waals surface area contributed by atoms with E-state index in [2.05, 4.69) is 15.5 Å². The van der Waals surface area contributed by atoms with Crippen molar-refractivity contribution in [3.05, 3.63) is 11.7 Å². The Morgan fingerprint density at radius 2 is 2.39 bits per heavy atom. The summed E-state index contributed by atoms with van der Waals surface area (Å²) in [5, 5.41) is 7.47. The third kappa shape index (κ3) is 3.05. The Hall–Kier alpha value is -0.590. The molecule has 1 aromatic rings. The molecule has 3 heterocycles. The van der Waals surface area contributed by atoms with Crippen molar-refractivity contribution in [2.45, 2.75) is 37.8 Å². The van der Waals surface area contributed by atoms with E-state index in [0.29, 0.717) is 0 Å². The zero-order valence-corrected chi connectivity index (χ0v) is 11.2. The number of ether oxygens (including phenoxy) is 1. The molecule has 1 N–H and O–H groups in total. The minimum absolute atomic E-state index is 0.220. The average Bonchev–Trinajstić information content (AvgIpc) is 2.89. The van der Waals surface area contributed by atoms with Crippen LogP contribution in [-0.4, -0.2) is 40.9 Å². The van der Waals surface area contributed by atoms with Crippen molar-refractivity contribution in [2.24, 2.45) is 0 Å². The Morgan fingerprint density at radius 3 is 3.17 bits per heavy atom. The lowest BCUT2D eigenvalue weighted by atomic mass is 10.1. The van der Waals surface area contributed by atoms with E-state index >= 15 is 0 Å². The van der Waals surface area contributed by atoms with Crippen LogP contribution in [0, 0.1) is 0 Å². The van der Waals surface area contributed by atoms with Crippen LogP contribution in [0.25, 0.3) is 0 Å². The smallest absolute Gasteiger partial charge is 0.244 e. The monoisotopic (exact) mass is 269 g/mol. The summed E-state index contributed by atoms with van der Waals surface area (Å²) in [7, 11) is 0. The van der Waals surface area contributed by atoms with Crippen LogP contribution in [-0.2, 0) is 11.2 Å². The molecule has 2 fully saturated rings.